The summed E-state index contributed by atoms with van der Waals surface area (Å²) in [5.74, 6) is -0.197. The second-order valence-corrected chi connectivity index (χ2v) is 7.57. The highest BCUT2D eigenvalue weighted by molar-refractivity contribution is 8.00. The number of nitrogens with one attached hydrogen (secondary N) is 2. The van der Waals surface area contributed by atoms with E-state index in [4.69, 9.17) is 0 Å². The lowest BCUT2D eigenvalue weighted by Crippen LogP contribution is -2.22. The summed E-state index contributed by atoms with van der Waals surface area (Å²) in [6.45, 7) is 1.78. The van der Waals surface area contributed by atoms with E-state index < -0.39 is 5.25 Å². The van der Waals surface area contributed by atoms with Crippen molar-refractivity contribution >= 4 is 34.1 Å². The number of H-pyrrole nitrogens is 1. The maximum atomic E-state index is 13.9. The number of rotatable bonds is 5. The monoisotopic (exact) mass is 392 g/mol. The van der Waals surface area contributed by atoms with E-state index in [1.807, 2.05) is 42.5 Å². The van der Waals surface area contributed by atoms with Crippen LogP contribution >= 0.6 is 11.8 Å². The molecule has 0 aliphatic rings. The van der Waals surface area contributed by atoms with Gasteiger partial charge in [0.2, 0.25) is 11.1 Å². The fraction of sp³-hybridized carbons (Fsp3) is 0.0952. The van der Waals surface area contributed by atoms with Crippen LogP contribution in [0.5, 0.6) is 0 Å². The van der Waals surface area contributed by atoms with Crippen molar-refractivity contribution in [2.45, 2.75) is 17.3 Å². The van der Waals surface area contributed by atoms with Crippen LogP contribution in [0.1, 0.15) is 6.92 Å². The largest absolute Gasteiger partial charge is 0.325 e. The molecule has 5 nitrogen and oxygen atoms in total. The Morgan fingerprint density at radius 1 is 1.07 bits per heavy atom. The van der Waals surface area contributed by atoms with E-state index in [-0.39, 0.29) is 11.7 Å². The van der Waals surface area contributed by atoms with Gasteiger partial charge in [-0.25, -0.2) is 9.37 Å². The first-order valence-corrected chi connectivity index (χ1v) is 9.62. The molecule has 0 bridgehead atoms. The van der Waals surface area contributed by atoms with Gasteiger partial charge >= 0.3 is 0 Å². The maximum Gasteiger partial charge on any atom is 0.237 e. The molecule has 1 atom stereocenters. The lowest BCUT2D eigenvalue weighted by molar-refractivity contribution is -0.115. The summed E-state index contributed by atoms with van der Waals surface area (Å²) in [4.78, 5) is 16.8. The molecule has 1 amide bonds. The maximum absolute atomic E-state index is 13.9. The molecule has 0 spiro atoms. The molecule has 0 aliphatic heterocycles. The number of thioether (sulfide) groups is 1. The smallest absolute Gasteiger partial charge is 0.237 e. The van der Waals surface area contributed by atoms with Crippen molar-refractivity contribution in [2.24, 2.45) is 0 Å². The van der Waals surface area contributed by atoms with Gasteiger partial charge in [0, 0.05) is 5.69 Å². The Morgan fingerprint density at radius 3 is 2.64 bits per heavy atom. The Labute approximate surface area is 165 Å². The second-order valence-electron chi connectivity index (χ2n) is 6.26. The normalized spacial score (nSPS) is 12.1. The molecule has 0 radical (unpaired) electrons. The Morgan fingerprint density at radius 2 is 1.82 bits per heavy atom. The lowest BCUT2D eigenvalue weighted by Gasteiger charge is -2.10. The summed E-state index contributed by atoms with van der Waals surface area (Å²) in [5, 5.41) is 11.9. The van der Waals surface area contributed by atoms with Crippen LogP contribution in [-0.4, -0.2) is 26.3 Å². The number of benzene rings is 3. The standard InChI is InChI=1S/C21H17FN4OS/c1-13(20(27)23-16-11-10-14-6-2-3-7-15(14)12-16)28-21-24-19(25-26-21)17-8-4-5-9-18(17)22/h2-13H,1H3,(H,23,27)(H,24,25,26). The molecule has 2 N–H and O–H groups in total. The van der Waals surface area contributed by atoms with Gasteiger partial charge in [-0.1, -0.05) is 54.2 Å². The van der Waals surface area contributed by atoms with Crippen LogP contribution in [-0.2, 0) is 4.79 Å². The van der Waals surface area contributed by atoms with Gasteiger partial charge in [-0.15, -0.1) is 5.10 Å². The summed E-state index contributed by atoms with van der Waals surface area (Å²) in [6.07, 6.45) is 0. The van der Waals surface area contributed by atoms with Gasteiger partial charge in [-0.3, -0.25) is 9.89 Å². The molecule has 28 heavy (non-hydrogen) atoms. The first-order valence-electron chi connectivity index (χ1n) is 8.74. The minimum atomic E-state index is -0.421. The van der Waals surface area contributed by atoms with Crippen LogP contribution in [0, 0.1) is 5.82 Å². The minimum Gasteiger partial charge on any atom is -0.325 e. The predicted octanol–water partition coefficient (Wildman–Crippen LogP) is 4.88. The van der Waals surface area contributed by atoms with Crippen LogP contribution < -0.4 is 5.32 Å². The van der Waals surface area contributed by atoms with E-state index in [1.54, 1.807) is 25.1 Å². The fourth-order valence-corrected chi connectivity index (χ4v) is 3.52. The van der Waals surface area contributed by atoms with Crippen molar-refractivity contribution in [1.29, 1.82) is 0 Å². The number of nitrogens with zero attached hydrogens (tertiary/aromatic N) is 2. The number of aromatic amines is 1. The molecule has 4 rings (SSSR count). The molecule has 1 heterocycles. The van der Waals surface area contributed by atoms with Gasteiger partial charge in [0.05, 0.1) is 10.8 Å². The summed E-state index contributed by atoms with van der Waals surface area (Å²) in [5.41, 5.74) is 1.08. The highest BCUT2D eigenvalue weighted by Crippen LogP contribution is 2.25. The van der Waals surface area contributed by atoms with Gasteiger partial charge < -0.3 is 5.32 Å². The third-order valence-electron chi connectivity index (χ3n) is 4.26. The number of anilines is 1. The Bertz CT molecular complexity index is 1140. The molecule has 3 aromatic carbocycles. The predicted molar refractivity (Wildman–Crippen MR) is 110 cm³/mol. The zero-order valence-corrected chi connectivity index (χ0v) is 15.8. The van der Waals surface area contributed by atoms with Crippen LogP contribution in [0.15, 0.2) is 71.9 Å². The number of amides is 1. The number of hydrogen-bond donors (Lipinski definition) is 2. The summed E-state index contributed by atoms with van der Waals surface area (Å²) in [6, 6.07) is 20.1. The van der Waals surface area contributed by atoms with Gasteiger partial charge in [0.1, 0.15) is 5.82 Å². The first kappa shape index (κ1) is 18.2. The SMILES string of the molecule is CC(Sc1n[nH]c(-c2ccccc2F)n1)C(=O)Nc1ccc2ccccc2c1. The van der Waals surface area contributed by atoms with Crippen LogP contribution in [0.3, 0.4) is 0 Å². The number of carbonyl (C=O) groups is 1. The highest BCUT2D eigenvalue weighted by atomic mass is 32.2. The van der Waals surface area contributed by atoms with Crippen LogP contribution in [0.2, 0.25) is 0 Å². The fourth-order valence-electron chi connectivity index (χ4n) is 2.80. The second kappa shape index (κ2) is 7.82. The Balaban J connectivity index is 1.43. The van der Waals surface area contributed by atoms with E-state index in [9.17, 15) is 9.18 Å². The molecule has 7 heteroatoms. The van der Waals surface area contributed by atoms with E-state index >= 15 is 0 Å². The Hall–Kier alpha value is -3.19. The lowest BCUT2D eigenvalue weighted by atomic mass is 10.1. The molecule has 0 aliphatic carbocycles. The average Bonchev–Trinajstić information content (AvgIpc) is 3.16. The summed E-state index contributed by atoms with van der Waals surface area (Å²) < 4.78 is 13.9. The van der Waals surface area contributed by atoms with E-state index in [0.29, 0.717) is 16.5 Å². The summed E-state index contributed by atoms with van der Waals surface area (Å²) >= 11 is 1.21. The molecule has 0 saturated carbocycles. The van der Waals surface area contributed by atoms with Crippen LogP contribution in [0.4, 0.5) is 10.1 Å². The van der Waals surface area contributed by atoms with E-state index in [0.717, 1.165) is 16.5 Å². The third-order valence-corrected chi connectivity index (χ3v) is 5.22. The van der Waals surface area contributed by atoms with E-state index in [2.05, 4.69) is 20.5 Å². The molecule has 1 aromatic heterocycles. The molecule has 0 saturated heterocycles. The first-order chi connectivity index (χ1) is 13.6. The third kappa shape index (κ3) is 3.89. The topological polar surface area (TPSA) is 70.7 Å². The number of carbonyl (C=O) groups excluding carboxylic acids is 1. The average molecular weight is 392 g/mol. The van der Waals surface area contributed by atoms with Crippen LogP contribution in [0.25, 0.3) is 22.2 Å². The van der Waals surface area contributed by atoms with Crippen molar-refractivity contribution in [3.8, 4) is 11.4 Å². The summed E-state index contributed by atoms with van der Waals surface area (Å²) in [7, 11) is 0. The molecule has 140 valence electrons. The van der Waals surface area contributed by atoms with Gasteiger partial charge in [0.15, 0.2) is 5.82 Å². The Kier molecular flexibility index (Phi) is 5.08. The molecule has 1 unspecified atom stereocenters. The van der Waals surface area contributed by atoms with Gasteiger partial charge in [-0.2, -0.15) is 0 Å². The van der Waals surface area contributed by atoms with E-state index in [1.165, 1.54) is 17.8 Å². The van der Waals surface area contributed by atoms with Crippen molar-refractivity contribution in [3.63, 3.8) is 0 Å². The molecule has 4 aromatic rings. The number of aromatic nitrogens is 3. The van der Waals surface area contributed by atoms with Crippen molar-refractivity contribution in [2.75, 3.05) is 5.32 Å². The minimum absolute atomic E-state index is 0.155. The zero-order valence-electron chi connectivity index (χ0n) is 15.0. The quantitative estimate of drug-likeness (QED) is 0.475. The van der Waals surface area contributed by atoms with Gasteiger partial charge in [-0.05, 0) is 42.0 Å². The highest BCUT2D eigenvalue weighted by Gasteiger charge is 2.18. The zero-order chi connectivity index (χ0) is 19.5. The number of fused-ring (bicyclic) bond motifs is 1. The molecule has 0 fully saturated rings. The van der Waals surface area contributed by atoms with Crippen molar-refractivity contribution < 1.29 is 9.18 Å². The molecular weight excluding hydrogens is 375 g/mol. The van der Waals surface area contributed by atoms with Gasteiger partial charge in [0.25, 0.3) is 0 Å². The number of hydrogen-bond acceptors (Lipinski definition) is 4. The molecular formula is C21H17FN4OS. The number of halogens is 1. The van der Waals surface area contributed by atoms with Crippen molar-refractivity contribution in [3.05, 3.63) is 72.5 Å². The van der Waals surface area contributed by atoms with Crippen molar-refractivity contribution in [1.82, 2.24) is 15.2 Å².